The van der Waals surface area contributed by atoms with Crippen molar-refractivity contribution in [2.75, 3.05) is 0 Å². The Morgan fingerprint density at radius 1 is 0.429 bits per heavy atom. The van der Waals surface area contributed by atoms with Crippen molar-refractivity contribution >= 4 is 50.9 Å². The molecule has 0 unspecified atom stereocenters. The van der Waals surface area contributed by atoms with Gasteiger partial charge in [-0.05, 0) is 0 Å². The third-order valence-electron chi connectivity index (χ3n) is 2.21. The predicted octanol–water partition coefficient (Wildman–Crippen LogP) is 6.27. The molecule has 0 saturated carbocycles. The highest BCUT2D eigenvalue weighted by Gasteiger charge is 1.88. The van der Waals surface area contributed by atoms with Crippen LogP contribution >= 0.6 is 50.9 Å². The van der Waals surface area contributed by atoms with Crippen molar-refractivity contribution in [2.24, 2.45) is 0 Å². The molecule has 92 valence electrons. The molecule has 0 aliphatic carbocycles. The summed E-state index contributed by atoms with van der Waals surface area (Å²) in [5.41, 5.74) is 0. The molecule has 0 aliphatic rings. The van der Waals surface area contributed by atoms with Crippen molar-refractivity contribution in [1.82, 2.24) is 0 Å². The summed E-state index contributed by atoms with van der Waals surface area (Å²) in [6.07, 6.45) is 13.0. The summed E-state index contributed by atoms with van der Waals surface area (Å²) in [6.45, 7) is 4.55. The van der Waals surface area contributed by atoms with E-state index in [1.165, 1.54) is 57.8 Å². The predicted molar refractivity (Wildman–Crippen MR) is 83.9 cm³/mol. The minimum atomic E-state index is 0. The van der Waals surface area contributed by atoms with Gasteiger partial charge in [0, 0.05) is 0 Å². The molecule has 0 rings (SSSR count). The molecule has 0 N–H and O–H groups in total. The van der Waals surface area contributed by atoms with E-state index in [0.717, 1.165) is 0 Å². The van der Waals surface area contributed by atoms with E-state index in [4.69, 9.17) is 0 Å². The van der Waals surface area contributed by atoms with Gasteiger partial charge in [-0.15, -0.1) is 50.9 Å². The maximum absolute atomic E-state index is 2.27. The zero-order valence-corrected chi connectivity index (χ0v) is 14.7. The highest BCUT2D eigenvalue weighted by Crippen LogP contribution is 2.08. The van der Waals surface area contributed by atoms with Gasteiger partial charge in [0.2, 0.25) is 0 Å². The van der Waals surface area contributed by atoms with Gasteiger partial charge in [0.05, 0.1) is 0 Å². The third-order valence-corrected chi connectivity index (χ3v) is 2.21. The van der Waals surface area contributed by atoms with Gasteiger partial charge >= 0.3 is 0 Å². The minimum Gasteiger partial charge on any atom is -0.114 e. The van der Waals surface area contributed by atoms with Gasteiger partial charge in [0.25, 0.3) is 0 Å². The van der Waals surface area contributed by atoms with E-state index in [1.807, 2.05) is 0 Å². The van der Waals surface area contributed by atoms with Crippen LogP contribution in [-0.2, 0) is 0 Å². The van der Waals surface area contributed by atoms with Gasteiger partial charge in [-0.25, -0.2) is 0 Å². The van der Waals surface area contributed by atoms with Crippen molar-refractivity contribution in [3.63, 3.8) is 0 Å². The van der Waals surface area contributed by atoms with Crippen molar-refractivity contribution in [1.29, 1.82) is 0 Å². The highest BCUT2D eigenvalue weighted by atomic mass is 79.9. The molecule has 0 atom stereocenters. The van der Waals surface area contributed by atoms with Crippen LogP contribution < -0.4 is 0 Å². The van der Waals surface area contributed by atoms with Gasteiger partial charge < -0.3 is 0 Å². The molecule has 14 heavy (non-hydrogen) atoms. The Bertz CT molecular complexity index is 59.6. The lowest BCUT2D eigenvalue weighted by Crippen LogP contribution is -1.79. The average Bonchev–Trinajstić information content (AvgIpc) is 2.03. The van der Waals surface area contributed by atoms with Gasteiger partial charge in [-0.3, -0.25) is 0 Å². The first-order valence-corrected chi connectivity index (χ1v) is 5.41. The summed E-state index contributed by atoms with van der Waals surface area (Å²) >= 11 is 0. The monoisotopic (exact) mass is 396 g/mol. The molecule has 0 aliphatic heterocycles. The van der Waals surface area contributed by atoms with Gasteiger partial charge in [-0.1, -0.05) is 71.6 Å². The fourth-order valence-corrected chi connectivity index (χ4v) is 1.38. The Balaban J connectivity index is -0.000000167. The number of rotatable bonds is 8. The molecule has 3 heteroatoms. The summed E-state index contributed by atoms with van der Waals surface area (Å²) < 4.78 is 0. The molecular weight excluding hydrogens is 372 g/mol. The molecule has 0 amide bonds. The third kappa shape index (κ3) is 23.3. The summed E-state index contributed by atoms with van der Waals surface area (Å²) in [6, 6.07) is 0. The molecule has 0 fully saturated rings. The maximum Gasteiger partial charge on any atom is -0.0533 e. The van der Waals surface area contributed by atoms with Crippen molar-refractivity contribution in [2.45, 2.75) is 71.6 Å². The Morgan fingerprint density at radius 2 is 0.643 bits per heavy atom. The molecule has 0 radical (unpaired) electrons. The second kappa shape index (κ2) is 23.9. The fourth-order valence-electron chi connectivity index (χ4n) is 1.38. The van der Waals surface area contributed by atoms with Gasteiger partial charge in [0.1, 0.15) is 0 Å². The summed E-state index contributed by atoms with van der Waals surface area (Å²) in [5.74, 6) is 0. The fraction of sp³-hybridized carbons (Fsp3) is 1.00. The quantitative estimate of drug-likeness (QED) is 0.422. The number of hydrogen-bond donors (Lipinski definition) is 0. The van der Waals surface area contributed by atoms with Crippen LogP contribution in [0.1, 0.15) is 71.6 Å². The topological polar surface area (TPSA) is 0 Å². The average molecular weight is 399 g/mol. The van der Waals surface area contributed by atoms with E-state index in [9.17, 15) is 0 Å². The van der Waals surface area contributed by atoms with Crippen molar-refractivity contribution in [3.8, 4) is 0 Å². The normalized spacial score (nSPS) is 8.14. The molecule has 0 spiro atoms. The molecular formula is C11H27Br3. The minimum absolute atomic E-state index is 0. The zero-order valence-electron chi connectivity index (χ0n) is 9.59. The smallest absolute Gasteiger partial charge is 0.0533 e. The summed E-state index contributed by atoms with van der Waals surface area (Å²) in [5, 5.41) is 0. The first kappa shape index (κ1) is 24.6. The van der Waals surface area contributed by atoms with Crippen LogP contribution in [0.15, 0.2) is 0 Å². The Kier molecular flexibility index (Phi) is 42.1. The van der Waals surface area contributed by atoms with Crippen LogP contribution in [0.25, 0.3) is 0 Å². The SMILES string of the molecule is Br.Br.Br.CCCCCCCCCCC. The lowest BCUT2D eigenvalue weighted by atomic mass is 10.1. The molecule has 0 heterocycles. The summed E-state index contributed by atoms with van der Waals surface area (Å²) in [7, 11) is 0. The van der Waals surface area contributed by atoms with Gasteiger partial charge in [0.15, 0.2) is 0 Å². The maximum atomic E-state index is 2.27. The van der Waals surface area contributed by atoms with Crippen molar-refractivity contribution < 1.29 is 0 Å². The van der Waals surface area contributed by atoms with Crippen LogP contribution in [0.3, 0.4) is 0 Å². The Labute approximate surface area is 122 Å². The molecule has 0 bridgehead atoms. The zero-order chi connectivity index (χ0) is 8.36. The van der Waals surface area contributed by atoms with Crippen molar-refractivity contribution in [3.05, 3.63) is 0 Å². The first-order valence-electron chi connectivity index (χ1n) is 5.41. The van der Waals surface area contributed by atoms with E-state index >= 15 is 0 Å². The molecule has 0 aromatic heterocycles. The first-order chi connectivity index (χ1) is 5.41. The Hall–Kier alpha value is 1.44. The van der Waals surface area contributed by atoms with Crippen LogP contribution in [0.4, 0.5) is 0 Å². The number of unbranched alkanes of at least 4 members (excludes halogenated alkanes) is 8. The highest BCUT2D eigenvalue weighted by molar-refractivity contribution is 8.93. The van der Waals surface area contributed by atoms with E-state index < -0.39 is 0 Å². The number of hydrogen-bond acceptors (Lipinski definition) is 0. The van der Waals surface area contributed by atoms with Crippen LogP contribution in [0.5, 0.6) is 0 Å². The largest absolute Gasteiger partial charge is 0.114 e. The van der Waals surface area contributed by atoms with Crippen LogP contribution in [-0.4, -0.2) is 0 Å². The van der Waals surface area contributed by atoms with E-state index in [2.05, 4.69) is 13.8 Å². The number of halogens is 3. The second-order valence-corrected chi connectivity index (χ2v) is 3.47. The van der Waals surface area contributed by atoms with E-state index in [0.29, 0.717) is 0 Å². The van der Waals surface area contributed by atoms with Crippen LogP contribution in [0.2, 0.25) is 0 Å². The molecule has 0 aromatic carbocycles. The molecule has 0 aromatic rings. The second-order valence-electron chi connectivity index (χ2n) is 3.47. The Morgan fingerprint density at radius 3 is 0.857 bits per heavy atom. The van der Waals surface area contributed by atoms with E-state index in [-0.39, 0.29) is 50.9 Å². The van der Waals surface area contributed by atoms with Gasteiger partial charge in [-0.2, -0.15) is 0 Å². The van der Waals surface area contributed by atoms with E-state index in [1.54, 1.807) is 0 Å². The molecule has 0 saturated heterocycles. The standard InChI is InChI=1S/C11H24.3BrH/c1-3-5-7-9-11-10-8-6-4-2;;;/h3-11H2,1-2H3;3*1H. The lowest BCUT2D eigenvalue weighted by Gasteiger charge is -1.98. The molecule has 0 nitrogen and oxygen atoms in total. The lowest BCUT2D eigenvalue weighted by molar-refractivity contribution is 0.572. The van der Waals surface area contributed by atoms with Crippen LogP contribution in [0, 0.1) is 0 Å². The summed E-state index contributed by atoms with van der Waals surface area (Å²) in [4.78, 5) is 0.